The number of hydrogen-bond acceptors (Lipinski definition) is 1. The molecule has 0 amide bonds. The number of carboxylic acids is 1. The van der Waals surface area contributed by atoms with Crippen molar-refractivity contribution in [1.82, 2.24) is 4.98 Å². The Hall–Kier alpha value is -1.48. The van der Waals surface area contributed by atoms with Gasteiger partial charge in [0.15, 0.2) is 0 Å². The van der Waals surface area contributed by atoms with Gasteiger partial charge in [0.2, 0.25) is 0 Å². The van der Waals surface area contributed by atoms with E-state index in [9.17, 15) is 4.79 Å². The highest BCUT2D eigenvalue weighted by Gasteiger charge is 2.20. The highest BCUT2D eigenvalue weighted by molar-refractivity contribution is 6.20. The van der Waals surface area contributed by atoms with Crippen molar-refractivity contribution in [2.45, 2.75) is 43.9 Å². The second kappa shape index (κ2) is 6.80. The van der Waals surface area contributed by atoms with E-state index in [0.717, 1.165) is 35.7 Å². The van der Waals surface area contributed by atoms with Gasteiger partial charge in [-0.1, -0.05) is 25.1 Å². The molecule has 0 radical (unpaired) electrons. The van der Waals surface area contributed by atoms with Gasteiger partial charge in [-0.25, -0.2) is 0 Å². The topological polar surface area (TPSA) is 53.1 Å². The van der Waals surface area contributed by atoms with E-state index in [1.54, 1.807) is 0 Å². The summed E-state index contributed by atoms with van der Waals surface area (Å²) in [6, 6.07) is 8.00. The van der Waals surface area contributed by atoms with E-state index in [1.165, 1.54) is 0 Å². The summed E-state index contributed by atoms with van der Waals surface area (Å²) in [6.45, 7) is 2.05. The van der Waals surface area contributed by atoms with Crippen molar-refractivity contribution >= 4 is 28.5 Å². The maximum absolute atomic E-state index is 11.1. The Labute approximate surface area is 124 Å². The molecular weight excluding hydrogens is 274 g/mol. The van der Waals surface area contributed by atoms with Crippen LogP contribution in [0.5, 0.6) is 0 Å². The first kappa shape index (κ1) is 14.9. The van der Waals surface area contributed by atoms with E-state index >= 15 is 0 Å². The number of benzene rings is 1. The molecule has 0 fully saturated rings. The smallest absolute Gasteiger partial charge is 0.303 e. The summed E-state index contributed by atoms with van der Waals surface area (Å²) in [7, 11) is 0. The van der Waals surface area contributed by atoms with Crippen molar-refractivity contribution in [2.24, 2.45) is 0 Å². The molecule has 4 heteroatoms. The molecule has 1 aromatic carbocycles. The van der Waals surface area contributed by atoms with Crippen LogP contribution in [0.4, 0.5) is 0 Å². The van der Waals surface area contributed by atoms with Gasteiger partial charge in [0.05, 0.1) is 6.42 Å². The number of halogens is 1. The lowest BCUT2D eigenvalue weighted by Gasteiger charge is -2.16. The van der Waals surface area contributed by atoms with E-state index in [4.69, 9.17) is 16.7 Å². The summed E-state index contributed by atoms with van der Waals surface area (Å²) in [5, 5.41) is 10.4. The number of carbonyl (C=O) groups is 1. The first-order valence-electron chi connectivity index (χ1n) is 7.03. The van der Waals surface area contributed by atoms with Crippen molar-refractivity contribution in [2.75, 3.05) is 0 Å². The number of rotatable bonds is 7. The number of nitrogens with one attached hydrogen (secondary N) is 1. The van der Waals surface area contributed by atoms with Gasteiger partial charge in [0, 0.05) is 22.5 Å². The second-order valence-electron chi connectivity index (χ2n) is 5.17. The van der Waals surface area contributed by atoms with E-state index in [0.29, 0.717) is 0 Å². The third-order valence-electron chi connectivity index (χ3n) is 3.75. The monoisotopic (exact) mass is 293 g/mol. The minimum atomic E-state index is -0.761. The lowest BCUT2D eigenvalue weighted by molar-refractivity contribution is -0.137. The zero-order valence-corrected chi connectivity index (χ0v) is 12.4. The van der Waals surface area contributed by atoms with Crippen LogP contribution in [-0.2, 0) is 4.79 Å². The number of hydrogen-bond donors (Lipinski definition) is 2. The van der Waals surface area contributed by atoms with Gasteiger partial charge in [0.1, 0.15) is 0 Å². The summed E-state index contributed by atoms with van der Waals surface area (Å²) >= 11 is 6.17. The van der Waals surface area contributed by atoms with Gasteiger partial charge in [-0.15, -0.1) is 11.6 Å². The van der Waals surface area contributed by atoms with Gasteiger partial charge in [-0.05, 0) is 36.8 Å². The molecule has 1 aromatic heterocycles. The van der Waals surface area contributed by atoms with Gasteiger partial charge >= 0.3 is 5.97 Å². The molecule has 2 N–H and O–H groups in total. The molecule has 0 aliphatic carbocycles. The van der Waals surface area contributed by atoms with Gasteiger partial charge in [-0.3, -0.25) is 4.79 Å². The number of aromatic amines is 1. The molecule has 2 atom stereocenters. The third kappa shape index (κ3) is 3.54. The number of aromatic nitrogens is 1. The second-order valence-corrected chi connectivity index (χ2v) is 5.78. The van der Waals surface area contributed by atoms with Crippen LogP contribution in [0.3, 0.4) is 0 Å². The van der Waals surface area contributed by atoms with Crippen LogP contribution >= 0.6 is 11.6 Å². The van der Waals surface area contributed by atoms with Crippen LogP contribution in [0.15, 0.2) is 30.5 Å². The fourth-order valence-electron chi connectivity index (χ4n) is 2.60. The Kier molecular flexibility index (Phi) is 5.07. The summed E-state index contributed by atoms with van der Waals surface area (Å²) in [5.41, 5.74) is 2.14. The zero-order valence-electron chi connectivity index (χ0n) is 11.6. The molecule has 0 spiro atoms. The standard InChI is InChI=1S/C16H20ClNO2/c1-2-12(17)8-7-11(9-16(19)20)14-10-18-15-6-4-3-5-13(14)15/h3-6,10-12,18H,2,7-9H2,1H3,(H,19,20). The summed E-state index contributed by atoms with van der Waals surface area (Å²) < 4.78 is 0. The van der Waals surface area contributed by atoms with Crippen LogP contribution in [0.2, 0.25) is 0 Å². The van der Waals surface area contributed by atoms with Crippen molar-refractivity contribution < 1.29 is 9.90 Å². The van der Waals surface area contributed by atoms with E-state index in [1.807, 2.05) is 30.5 Å². The predicted octanol–water partition coefficient (Wildman–Crippen LogP) is 4.52. The molecule has 0 bridgehead atoms. The van der Waals surface area contributed by atoms with Gasteiger partial charge in [-0.2, -0.15) is 0 Å². The number of carboxylic acid groups (broad SMARTS) is 1. The van der Waals surface area contributed by atoms with Crippen LogP contribution in [0, 0.1) is 0 Å². The summed E-state index contributed by atoms with van der Waals surface area (Å²) in [6.07, 6.45) is 4.64. The summed E-state index contributed by atoms with van der Waals surface area (Å²) in [5.74, 6) is -0.751. The highest BCUT2D eigenvalue weighted by atomic mass is 35.5. The Bertz CT molecular complexity index is 579. The molecule has 108 valence electrons. The van der Waals surface area contributed by atoms with Crippen molar-refractivity contribution in [3.8, 4) is 0 Å². The SMILES string of the molecule is CCC(Cl)CCC(CC(=O)O)c1c[nH]c2ccccc12. The molecule has 2 rings (SSSR count). The maximum atomic E-state index is 11.1. The molecule has 0 aliphatic heterocycles. The normalized spacial score (nSPS) is 14.3. The number of H-pyrrole nitrogens is 1. The molecule has 20 heavy (non-hydrogen) atoms. The summed E-state index contributed by atoms with van der Waals surface area (Å²) in [4.78, 5) is 14.3. The van der Waals surface area contributed by atoms with Crippen molar-refractivity contribution in [3.63, 3.8) is 0 Å². The molecule has 2 aromatic rings. The molecule has 1 heterocycles. The lowest BCUT2D eigenvalue weighted by atomic mass is 9.90. The molecule has 0 aliphatic rings. The van der Waals surface area contributed by atoms with Crippen molar-refractivity contribution in [1.29, 1.82) is 0 Å². The average Bonchev–Trinajstić information content (AvgIpc) is 2.86. The zero-order chi connectivity index (χ0) is 14.5. The molecular formula is C16H20ClNO2. The van der Waals surface area contributed by atoms with E-state index in [2.05, 4.69) is 11.9 Å². The molecule has 0 saturated carbocycles. The van der Waals surface area contributed by atoms with Crippen molar-refractivity contribution in [3.05, 3.63) is 36.0 Å². The van der Waals surface area contributed by atoms with Crippen LogP contribution in [-0.4, -0.2) is 21.4 Å². The maximum Gasteiger partial charge on any atom is 0.303 e. The molecule has 0 saturated heterocycles. The predicted molar refractivity (Wildman–Crippen MR) is 82.5 cm³/mol. The number of fused-ring (bicyclic) bond motifs is 1. The van der Waals surface area contributed by atoms with Gasteiger partial charge in [0.25, 0.3) is 0 Å². The number of alkyl halides is 1. The van der Waals surface area contributed by atoms with Crippen LogP contribution in [0.25, 0.3) is 10.9 Å². The van der Waals surface area contributed by atoms with Crippen LogP contribution in [0.1, 0.15) is 44.1 Å². The number of para-hydroxylation sites is 1. The molecule has 3 nitrogen and oxygen atoms in total. The Balaban J connectivity index is 2.23. The minimum Gasteiger partial charge on any atom is -0.481 e. The lowest BCUT2D eigenvalue weighted by Crippen LogP contribution is -2.08. The Morgan fingerprint density at radius 1 is 1.35 bits per heavy atom. The van der Waals surface area contributed by atoms with Gasteiger partial charge < -0.3 is 10.1 Å². The van der Waals surface area contributed by atoms with Crippen LogP contribution < -0.4 is 0 Å². The van der Waals surface area contributed by atoms with E-state index < -0.39 is 5.97 Å². The highest BCUT2D eigenvalue weighted by Crippen LogP contribution is 2.32. The fourth-order valence-corrected chi connectivity index (χ4v) is 2.72. The minimum absolute atomic E-state index is 0.0106. The first-order valence-corrected chi connectivity index (χ1v) is 7.47. The first-order chi connectivity index (χ1) is 9.61. The fraction of sp³-hybridized carbons (Fsp3) is 0.438. The van der Waals surface area contributed by atoms with E-state index in [-0.39, 0.29) is 17.7 Å². The Morgan fingerprint density at radius 3 is 2.80 bits per heavy atom. The quantitative estimate of drug-likeness (QED) is 0.737. The third-order valence-corrected chi connectivity index (χ3v) is 4.28. The average molecular weight is 294 g/mol. The Morgan fingerprint density at radius 2 is 2.10 bits per heavy atom. The number of aliphatic carboxylic acids is 1. The molecule has 2 unspecified atom stereocenters. The largest absolute Gasteiger partial charge is 0.481 e.